The van der Waals surface area contributed by atoms with E-state index >= 15 is 0 Å². The highest BCUT2D eigenvalue weighted by molar-refractivity contribution is 5.91. The molecule has 0 atom stereocenters. The first-order valence-corrected chi connectivity index (χ1v) is 8.37. The van der Waals surface area contributed by atoms with Crippen LogP contribution >= 0.6 is 0 Å². The van der Waals surface area contributed by atoms with Gasteiger partial charge in [0.2, 0.25) is 0 Å². The van der Waals surface area contributed by atoms with Gasteiger partial charge in [0.05, 0.1) is 5.69 Å². The van der Waals surface area contributed by atoms with Crippen molar-refractivity contribution in [1.82, 2.24) is 14.9 Å². The molecule has 3 aromatic rings. The molecule has 4 nitrogen and oxygen atoms in total. The van der Waals surface area contributed by atoms with E-state index in [4.69, 9.17) is 5.73 Å². The second-order valence-electron chi connectivity index (χ2n) is 6.51. The molecule has 1 aliphatic rings. The molecule has 24 heavy (non-hydrogen) atoms. The highest BCUT2D eigenvalue weighted by atomic mass is 19.1. The van der Waals surface area contributed by atoms with Crippen LogP contribution in [-0.2, 0) is 6.54 Å². The molecule has 5 heteroatoms. The van der Waals surface area contributed by atoms with Gasteiger partial charge in [0, 0.05) is 43.0 Å². The summed E-state index contributed by atoms with van der Waals surface area (Å²) in [5.74, 6) is 0. The lowest BCUT2D eigenvalue weighted by Crippen LogP contribution is -2.33. The SMILES string of the molecule is Nc1c[nH]c2ncc(-c3ccc(CN4CCC(F)CC4)cc3)cc12. The Morgan fingerprint density at radius 1 is 1.17 bits per heavy atom. The zero-order chi connectivity index (χ0) is 16.5. The van der Waals surface area contributed by atoms with Crippen molar-refractivity contribution in [2.75, 3.05) is 18.8 Å². The van der Waals surface area contributed by atoms with Crippen molar-refractivity contribution in [3.63, 3.8) is 0 Å². The fraction of sp³-hybridized carbons (Fsp3) is 0.316. The molecule has 0 amide bonds. The van der Waals surface area contributed by atoms with E-state index in [9.17, 15) is 4.39 Å². The minimum Gasteiger partial charge on any atom is -0.397 e. The number of H-pyrrole nitrogens is 1. The van der Waals surface area contributed by atoms with Crippen LogP contribution in [0, 0.1) is 0 Å². The number of anilines is 1. The van der Waals surface area contributed by atoms with Gasteiger partial charge in [0.1, 0.15) is 11.8 Å². The van der Waals surface area contributed by atoms with Crippen LogP contribution in [0.2, 0.25) is 0 Å². The number of nitrogens with zero attached hydrogens (tertiary/aromatic N) is 2. The number of nitrogens with two attached hydrogens (primary N) is 1. The molecule has 1 aliphatic heterocycles. The fourth-order valence-electron chi connectivity index (χ4n) is 3.30. The van der Waals surface area contributed by atoms with Gasteiger partial charge in [0.25, 0.3) is 0 Å². The Kier molecular flexibility index (Phi) is 3.94. The van der Waals surface area contributed by atoms with Crippen LogP contribution in [0.3, 0.4) is 0 Å². The lowest BCUT2D eigenvalue weighted by atomic mass is 10.0. The van der Waals surface area contributed by atoms with Gasteiger partial charge in [-0.25, -0.2) is 9.37 Å². The molecule has 4 rings (SSSR count). The van der Waals surface area contributed by atoms with E-state index in [1.54, 1.807) is 6.20 Å². The van der Waals surface area contributed by atoms with Gasteiger partial charge in [0.15, 0.2) is 0 Å². The number of benzene rings is 1. The van der Waals surface area contributed by atoms with E-state index in [1.165, 1.54) is 5.56 Å². The maximum absolute atomic E-state index is 13.2. The molecule has 124 valence electrons. The van der Waals surface area contributed by atoms with Crippen LogP contribution in [0.1, 0.15) is 18.4 Å². The van der Waals surface area contributed by atoms with Gasteiger partial charge < -0.3 is 10.7 Å². The summed E-state index contributed by atoms with van der Waals surface area (Å²) in [6, 6.07) is 10.6. The summed E-state index contributed by atoms with van der Waals surface area (Å²) in [6.45, 7) is 2.57. The van der Waals surface area contributed by atoms with E-state index in [2.05, 4.69) is 45.2 Å². The van der Waals surface area contributed by atoms with Crippen LogP contribution in [0.4, 0.5) is 10.1 Å². The first kappa shape index (κ1) is 15.1. The number of fused-ring (bicyclic) bond motifs is 1. The van der Waals surface area contributed by atoms with Crippen molar-refractivity contribution in [2.45, 2.75) is 25.6 Å². The molecule has 0 radical (unpaired) electrons. The molecule has 0 aliphatic carbocycles. The number of pyridine rings is 1. The van der Waals surface area contributed by atoms with Crippen molar-refractivity contribution in [1.29, 1.82) is 0 Å². The standard InChI is InChI=1S/C19H21FN4/c20-16-5-7-24(8-6-16)12-13-1-3-14(4-2-13)15-9-17-18(21)11-23-19(17)22-10-15/h1-4,9-11,16H,5-8,12,21H2,(H,22,23). The number of hydrogen-bond donors (Lipinski definition) is 2. The molecular formula is C19H21FN4. The number of nitrogen functional groups attached to an aromatic ring is 1. The Hall–Kier alpha value is -2.40. The van der Waals surface area contributed by atoms with Gasteiger partial charge >= 0.3 is 0 Å². The largest absolute Gasteiger partial charge is 0.397 e. The van der Waals surface area contributed by atoms with Gasteiger partial charge in [-0.05, 0) is 30.0 Å². The Labute approximate surface area is 140 Å². The number of hydrogen-bond acceptors (Lipinski definition) is 3. The monoisotopic (exact) mass is 324 g/mol. The van der Waals surface area contributed by atoms with Crippen molar-refractivity contribution in [3.05, 3.63) is 48.3 Å². The fourth-order valence-corrected chi connectivity index (χ4v) is 3.30. The summed E-state index contributed by atoms with van der Waals surface area (Å²) < 4.78 is 13.2. The summed E-state index contributed by atoms with van der Waals surface area (Å²) >= 11 is 0. The van der Waals surface area contributed by atoms with E-state index in [0.717, 1.165) is 41.8 Å². The molecule has 3 heterocycles. The van der Waals surface area contributed by atoms with Crippen molar-refractivity contribution >= 4 is 16.7 Å². The zero-order valence-corrected chi connectivity index (χ0v) is 13.5. The average molecular weight is 324 g/mol. The highest BCUT2D eigenvalue weighted by Gasteiger charge is 2.18. The quantitative estimate of drug-likeness (QED) is 0.771. The second-order valence-corrected chi connectivity index (χ2v) is 6.51. The number of halogens is 1. The van der Waals surface area contributed by atoms with Crippen LogP contribution in [0.5, 0.6) is 0 Å². The van der Waals surface area contributed by atoms with Gasteiger partial charge in [-0.2, -0.15) is 0 Å². The zero-order valence-electron chi connectivity index (χ0n) is 13.5. The maximum Gasteiger partial charge on any atom is 0.139 e. The number of piperidine rings is 1. The van der Waals surface area contributed by atoms with Crippen molar-refractivity contribution in [2.24, 2.45) is 0 Å². The maximum atomic E-state index is 13.2. The first-order valence-electron chi connectivity index (χ1n) is 8.37. The molecule has 1 aromatic carbocycles. The summed E-state index contributed by atoms with van der Waals surface area (Å²) in [6.07, 6.45) is 4.32. The third kappa shape index (κ3) is 2.99. The van der Waals surface area contributed by atoms with Crippen LogP contribution < -0.4 is 5.73 Å². The van der Waals surface area contributed by atoms with Crippen molar-refractivity contribution < 1.29 is 4.39 Å². The number of nitrogens with one attached hydrogen (secondary N) is 1. The lowest BCUT2D eigenvalue weighted by Gasteiger charge is -2.28. The van der Waals surface area contributed by atoms with Crippen LogP contribution in [-0.4, -0.2) is 34.1 Å². The molecule has 3 N–H and O–H groups in total. The average Bonchev–Trinajstić information content (AvgIpc) is 2.98. The molecule has 0 unspecified atom stereocenters. The summed E-state index contributed by atoms with van der Waals surface area (Å²) in [5.41, 5.74) is 10.9. The number of rotatable bonds is 3. The molecular weight excluding hydrogens is 303 g/mol. The van der Waals surface area contributed by atoms with E-state index in [-0.39, 0.29) is 0 Å². The summed E-state index contributed by atoms with van der Waals surface area (Å²) in [5, 5.41) is 0.950. The van der Waals surface area contributed by atoms with Crippen molar-refractivity contribution in [3.8, 4) is 11.1 Å². The second kappa shape index (κ2) is 6.24. The molecule has 1 saturated heterocycles. The van der Waals surface area contributed by atoms with Crippen LogP contribution in [0.15, 0.2) is 42.7 Å². The van der Waals surface area contributed by atoms with Gasteiger partial charge in [-0.3, -0.25) is 4.90 Å². The van der Waals surface area contributed by atoms with E-state index < -0.39 is 6.17 Å². The third-order valence-corrected chi connectivity index (χ3v) is 4.77. The number of alkyl halides is 1. The Morgan fingerprint density at radius 3 is 2.67 bits per heavy atom. The molecule has 2 aromatic heterocycles. The molecule has 1 fully saturated rings. The van der Waals surface area contributed by atoms with Gasteiger partial charge in [-0.15, -0.1) is 0 Å². The van der Waals surface area contributed by atoms with E-state index in [0.29, 0.717) is 18.5 Å². The topological polar surface area (TPSA) is 57.9 Å². The van der Waals surface area contributed by atoms with Gasteiger partial charge in [-0.1, -0.05) is 24.3 Å². The summed E-state index contributed by atoms with van der Waals surface area (Å²) in [7, 11) is 0. The minimum absolute atomic E-state index is 0.619. The smallest absolute Gasteiger partial charge is 0.139 e. The van der Waals surface area contributed by atoms with Crippen LogP contribution in [0.25, 0.3) is 22.2 Å². The lowest BCUT2D eigenvalue weighted by molar-refractivity contribution is 0.145. The highest BCUT2D eigenvalue weighted by Crippen LogP contribution is 2.26. The Bertz CT molecular complexity index is 832. The predicted octanol–water partition coefficient (Wildman–Crippen LogP) is 3.75. The Balaban J connectivity index is 1.51. The predicted molar refractivity (Wildman–Crippen MR) is 95.3 cm³/mol. The van der Waals surface area contributed by atoms with E-state index in [1.807, 2.05) is 6.20 Å². The normalized spacial score (nSPS) is 16.7. The third-order valence-electron chi connectivity index (χ3n) is 4.77. The molecule has 0 bridgehead atoms. The molecule has 0 spiro atoms. The molecule has 0 saturated carbocycles. The number of aromatic amines is 1. The first-order chi connectivity index (χ1) is 11.7. The number of likely N-dealkylation sites (tertiary alicyclic amines) is 1. The summed E-state index contributed by atoms with van der Waals surface area (Å²) in [4.78, 5) is 9.80. The minimum atomic E-state index is -0.619. The Morgan fingerprint density at radius 2 is 1.92 bits per heavy atom. The number of aromatic nitrogens is 2.